The Morgan fingerprint density at radius 3 is 2.33 bits per heavy atom. The molecule has 0 aromatic carbocycles. The van der Waals surface area contributed by atoms with Crippen molar-refractivity contribution in [1.29, 1.82) is 0 Å². The van der Waals surface area contributed by atoms with Gasteiger partial charge in [-0.2, -0.15) is 9.78 Å². The van der Waals surface area contributed by atoms with Gasteiger partial charge in [-0.15, -0.1) is 0 Å². The Balaban J connectivity index is 2.38. The summed E-state index contributed by atoms with van der Waals surface area (Å²) in [5.74, 6) is 0. The molecule has 0 saturated carbocycles. The number of thiocarbonyl (C=S) groups is 1. The smallest absolute Gasteiger partial charge is 0.269 e. The standard InChI is InChI=1S/C13H14Cl3N3OS/c1-12(2,3)8-4-5-9(10(21)6-8)18-7-17-19(11(18)20)13(14,15)16/h4-7,9H,1-3H3. The minimum atomic E-state index is -1.92. The molecule has 21 heavy (non-hydrogen) atoms. The molecule has 1 aliphatic rings. The van der Waals surface area contributed by atoms with Gasteiger partial charge in [-0.3, -0.25) is 4.57 Å². The molecular formula is C13H14Cl3N3OS. The van der Waals surface area contributed by atoms with E-state index < -0.39 is 15.6 Å². The molecule has 0 aliphatic heterocycles. The molecule has 2 rings (SSSR count). The van der Waals surface area contributed by atoms with Crippen molar-refractivity contribution in [2.45, 2.75) is 30.7 Å². The quantitative estimate of drug-likeness (QED) is 0.561. The summed E-state index contributed by atoms with van der Waals surface area (Å²) >= 11 is 22.5. The second kappa shape index (κ2) is 5.54. The summed E-state index contributed by atoms with van der Waals surface area (Å²) in [5.41, 5.74) is 0.559. The average molecular weight is 367 g/mol. The maximum absolute atomic E-state index is 12.2. The molecule has 1 aliphatic carbocycles. The largest absolute Gasteiger partial charge is 0.350 e. The number of rotatable bonds is 1. The fourth-order valence-corrected chi connectivity index (χ4v) is 2.62. The summed E-state index contributed by atoms with van der Waals surface area (Å²) in [5, 5.41) is 3.82. The number of aromatic nitrogens is 3. The lowest BCUT2D eigenvalue weighted by Gasteiger charge is -2.25. The summed E-state index contributed by atoms with van der Waals surface area (Å²) < 4.78 is 0.211. The first-order valence-electron chi connectivity index (χ1n) is 6.19. The zero-order valence-electron chi connectivity index (χ0n) is 11.7. The van der Waals surface area contributed by atoms with Gasteiger partial charge in [0.2, 0.25) is 0 Å². The summed E-state index contributed by atoms with van der Waals surface area (Å²) in [6.45, 7) is 6.29. The van der Waals surface area contributed by atoms with E-state index in [0.29, 0.717) is 4.86 Å². The molecule has 8 heteroatoms. The Bertz CT molecular complexity index is 689. The monoisotopic (exact) mass is 365 g/mol. The summed E-state index contributed by atoms with van der Waals surface area (Å²) in [6, 6.07) is -0.403. The van der Waals surface area contributed by atoms with Gasteiger partial charge in [0.1, 0.15) is 6.33 Å². The molecule has 1 aromatic heterocycles. The van der Waals surface area contributed by atoms with E-state index in [4.69, 9.17) is 47.0 Å². The highest BCUT2D eigenvalue weighted by atomic mass is 35.6. The molecule has 0 fully saturated rings. The maximum atomic E-state index is 12.2. The van der Waals surface area contributed by atoms with Crippen LogP contribution in [0.5, 0.6) is 0 Å². The number of hydrogen-bond donors (Lipinski definition) is 0. The van der Waals surface area contributed by atoms with Crippen molar-refractivity contribution in [3.8, 4) is 0 Å². The normalized spacial score (nSPS) is 19.8. The van der Waals surface area contributed by atoms with E-state index >= 15 is 0 Å². The van der Waals surface area contributed by atoms with Crippen LogP contribution in [0.15, 0.2) is 34.9 Å². The van der Waals surface area contributed by atoms with Gasteiger partial charge in [0.05, 0.1) is 6.04 Å². The van der Waals surface area contributed by atoms with E-state index in [9.17, 15) is 4.79 Å². The van der Waals surface area contributed by atoms with Crippen molar-refractivity contribution < 1.29 is 0 Å². The van der Waals surface area contributed by atoms with Crippen LogP contribution >= 0.6 is 47.0 Å². The topological polar surface area (TPSA) is 39.8 Å². The van der Waals surface area contributed by atoms with Gasteiger partial charge >= 0.3 is 5.69 Å². The van der Waals surface area contributed by atoms with Crippen LogP contribution in [-0.4, -0.2) is 19.2 Å². The van der Waals surface area contributed by atoms with E-state index in [-0.39, 0.29) is 5.41 Å². The van der Waals surface area contributed by atoms with E-state index in [0.717, 1.165) is 10.3 Å². The lowest BCUT2D eigenvalue weighted by atomic mass is 9.83. The number of allylic oxidation sites excluding steroid dienone is 4. The van der Waals surface area contributed by atoms with Crippen molar-refractivity contribution in [3.05, 3.63) is 40.6 Å². The van der Waals surface area contributed by atoms with Crippen LogP contribution in [0.1, 0.15) is 26.8 Å². The summed E-state index contributed by atoms with van der Waals surface area (Å²) in [7, 11) is 0. The van der Waals surface area contributed by atoms with Gasteiger partial charge in [-0.1, -0.05) is 79.9 Å². The molecular weight excluding hydrogens is 353 g/mol. The Morgan fingerprint density at radius 1 is 1.29 bits per heavy atom. The van der Waals surface area contributed by atoms with E-state index in [1.54, 1.807) is 0 Å². The minimum Gasteiger partial charge on any atom is -0.269 e. The highest BCUT2D eigenvalue weighted by Gasteiger charge is 2.30. The molecule has 1 atom stereocenters. The van der Waals surface area contributed by atoms with E-state index in [2.05, 4.69) is 25.9 Å². The van der Waals surface area contributed by atoms with Crippen LogP contribution in [0.25, 0.3) is 0 Å². The van der Waals surface area contributed by atoms with Crippen LogP contribution in [0.4, 0.5) is 0 Å². The van der Waals surface area contributed by atoms with Gasteiger partial charge in [-0.25, -0.2) is 4.79 Å². The molecule has 114 valence electrons. The summed E-state index contributed by atoms with van der Waals surface area (Å²) in [6.07, 6.45) is 7.04. The van der Waals surface area contributed by atoms with Crippen LogP contribution in [-0.2, 0) is 3.92 Å². The highest BCUT2D eigenvalue weighted by molar-refractivity contribution is 7.80. The van der Waals surface area contributed by atoms with Gasteiger partial charge < -0.3 is 0 Å². The predicted octanol–water partition coefficient (Wildman–Crippen LogP) is 3.78. The third-order valence-electron chi connectivity index (χ3n) is 3.15. The third kappa shape index (κ3) is 3.42. The fraction of sp³-hybridized carbons (Fsp3) is 0.462. The van der Waals surface area contributed by atoms with Crippen LogP contribution in [0, 0.1) is 5.41 Å². The zero-order valence-corrected chi connectivity index (χ0v) is 14.8. The second-order valence-electron chi connectivity index (χ2n) is 5.76. The van der Waals surface area contributed by atoms with Crippen LogP contribution in [0.2, 0.25) is 0 Å². The maximum Gasteiger partial charge on any atom is 0.350 e. The highest BCUT2D eigenvalue weighted by Crippen LogP contribution is 2.32. The van der Waals surface area contributed by atoms with Crippen molar-refractivity contribution >= 4 is 51.9 Å². The minimum absolute atomic E-state index is 0.0156. The third-order valence-corrected chi connectivity index (χ3v) is 3.99. The molecule has 1 aromatic rings. The van der Waals surface area contributed by atoms with E-state index in [1.165, 1.54) is 10.9 Å². The predicted molar refractivity (Wildman–Crippen MR) is 90.3 cm³/mol. The van der Waals surface area contributed by atoms with Gasteiger partial charge in [0.15, 0.2) is 0 Å². The second-order valence-corrected chi connectivity index (χ2v) is 8.45. The van der Waals surface area contributed by atoms with Crippen molar-refractivity contribution in [1.82, 2.24) is 14.3 Å². The Morgan fingerprint density at radius 2 is 1.90 bits per heavy atom. The van der Waals surface area contributed by atoms with Gasteiger partial charge in [0.25, 0.3) is 3.92 Å². The lowest BCUT2D eigenvalue weighted by molar-refractivity contribution is 0.515. The average Bonchev–Trinajstić information content (AvgIpc) is 2.69. The molecule has 0 saturated heterocycles. The first-order chi connectivity index (χ1) is 9.51. The zero-order chi connectivity index (χ0) is 16.0. The molecule has 0 spiro atoms. The molecule has 0 bridgehead atoms. The number of alkyl halides is 3. The van der Waals surface area contributed by atoms with Crippen molar-refractivity contribution in [3.63, 3.8) is 0 Å². The molecule has 0 amide bonds. The SMILES string of the molecule is CC(C)(C)C1=CC(=S)C(n2cnn(C(Cl)(Cl)Cl)c2=O)C=C1. The molecule has 1 unspecified atom stereocenters. The lowest BCUT2D eigenvalue weighted by Crippen LogP contribution is -2.34. The number of halogens is 3. The van der Waals surface area contributed by atoms with Gasteiger partial charge in [0, 0.05) is 4.86 Å². The first-order valence-corrected chi connectivity index (χ1v) is 7.73. The molecule has 4 nitrogen and oxygen atoms in total. The van der Waals surface area contributed by atoms with Crippen molar-refractivity contribution in [2.75, 3.05) is 0 Å². The molecule has 0 radical (unpaired) electrons. The van der Waals surface area contributed by atoms with Crippen LogP contribution in [0.3, 0.4) is 0 Å². The van der Waals surface area contributed by atoms with E-state index in [1.807, 2.05) is 18.2 Å². The van der Waals surface area contributed by atoms with Gasteiger partial charge in [-0.05, 0) is 17.1 Å². The summed E-state index contributed by atoms with van der Waals surface area (Å²) in [4.78, 5) is 12.9. The fourth-order valence-electron chi connectivity index (χ4n) is 1.95. The Hall–Kier alpha value is -0.620. The van der Waals surface area contributed by atoms with Crippen LogP contribution < -0.4 is 5.69 Å². The van der Waals surface area contributed by atoms with Crippen molar-refractivity contribution in [2.24, 2.45) is 5.41 Å². The molecule has 1 heterocycles. The number of hydrogen-bond acceptors (Lipinski definition) is 3. The number of nitrogens with zero attached hydrogens (tertiary/aromatic N) is 3. The Kier molecular flexibility index (Phi) is 4.42. The first kappa shape index (κ1) is 16.7. The Labute approximate surface area is 143 Å². The molecule has 0 N–H and O–H groups in total.